The molecular weight excluding hydrogens is 294 g/mol. The van der Waals surface area contributed by atoms with E-state index in [4.69, 9.17) is 0 Å². The van der Waals surface area contributed by atoms with Crippen LogP contribution in [0.15, 0.2) is 28.7 Å². The summed E-state index contributed by atoms with van der Waals surface area (Å²) in [6.45, 7) is 4.16. The molecule has 0 radical (unpaired) electrons. The predicted octanol–water partition coefficient (Wildman–Crippen LogP) is 3.39. The highest BCUT2D eigenvalue weighted by Gasteiger charge is 2.38. The van der Waals surface area contributed by atoms with E-state index in [-0.39, 0.29) is 11.7 Å². The molecule has 1 aliphatic rings. The first-order chi connectivity index (χ1) is 8.54. The molecule has 1 aromatic carbocycles. The van der Waals surface area contributed by atoms with Crippen molar-refractivity contribution in [1.29, 1.82) is 0 Å². The monoisotopic (exact) mass is 311 g/mol. The number of rotatable bonds is 4. The molecule has 1 heterocycles. The van der Waals surface area contributed by atoms with Crippen molar-refractivity contribution in [2.75, 3.05) is 5.01 Å². The van der Waals surface area contributed by atoms with Crippen molar-refractivity contribution in [1.82, 2.24) is 10.7 Å². The lowest BCUT2D eigenvalue weighted by Gasteiger charge is -2.24. The van der Waals surface area contributed by atoms with Crippen molar-refractivity contribution < 1.29 is 4.79 Å². The van der Waals surface area contributed by atoms with Gasteiger partial charge in [0.05, 0.1) is 5.69 Å². The number of benzene rings is 1. The van der Waals surface area contributed by atoms with Gasteiger partial charge in [0.15, 0.2) is 0 Å². The van der Waals surface area contributed by atoms with Crippen LogP contribution in [0.5, 0.6) is 0 Å². The van der Waals surface area contributed by atoms with E-state index in [1.54, 1.807) is 5.01 Å². The van der Waals surface area contributed by atoms with Crippen molar-refractivity contribution in [3.05, 3.63) is 28.7 Å². The molecule has 0 bridgehead atoms. The summed E-state index contributed by atoms with van der Waals surface area (Å²) >= 11 is 3.39. The number of urea groups is 1. The summed E-state index contributed by atoms with van der Waals surface area (Å²) in [5.74, 6) is 0. The first-order valence-corrected chi connectivity index (χ1v) is 6.99. The minimum absolute atomic E-state index is 0.101. The summed E-state index contributed by atoms with van der Waals surface area (Å²) in [4.78, 5) is 12.0. The first-order valence-electron chi connectivity index (χ1n) is 6.20. The van der Waals surface area contributed by atoms with Gasteiger partial charge in [0.2, 0.25) is 0 Å². The van der Waals surface area contributed by atoms with E-state index in [1.165, 1.54) is 0 Å². The maximum Gasteiger partial charge on any atom is 0.338 e. The van der Waals surface area contributed by atoms with E-state index in [1.807, 2.05) is 31.2 Å². The number of carbonyl (C=O) groups excluding carboxylic acids is 1. The van der Waals surface area contributed by atoms with Crippen LogP contribution in [0.25, 0.3) is 0 Å². The second-order valence-electron chi connectivity index (χ2n) is 4.79. The van der Waals surface area contributed by atoms with Crippen LogP contribution in [0.1, 0.15) is 33.1 Å². The Hall–Kier alpha value is -1.07. The van der Waals surface area contributed by atoms with Crippen LogP contribution in [0.4, 0.5) is 10.5 Å². The van der Waals surface area contributed by atoms with E-state index in [0.717, 1.165) is 29.4 Å². The number of unbranched alkanes of at least 4 members (excludes halogenated alkanes) is 1. The Bertz CT molecular complexity index is 434. The Morgan fingerprint density at radius 2 is 2.00 bits per heavy atom. The fraction of sp³-hybridized carbons (Fsp3) is 0.462. The lowest BCUT2D eigenvalue weighted by atomic mass is 10.1. The number of hydrazine groups is 1. The Morgan fingerprint density at radius 3 is 2.61 bits per heavy atom. The second kappa shape index (κ2) is 5.28. The topological polar surface area (TPSA) is 44.4 Å². The molecule has 0 spiro atoms. The van der Waals surface area contributed by atoms with Gasteiger partial charge in [-0.3, -0.25) is 0 Å². The zero-order valence-electron chi connectivity index (χ0n) is 10.7. The maximum atomic E-state index is 12.0. The van der Waals surface area contributed by atoms with Crippen LogP contribution < -0.4 is 15.8 Å². The molecular formula is C13H18BrN3O. The molecule has 1 fully saturated rings. The molecule has 1 unspecified atom stereocenters. The summed E-state index contributed by atoms with van der Waals surface area (Å²) in [6, 6.07) is 7.55. The fourth-order valence-corrected chi connectivity index (χ4v) is 2.30. The normalized spacial score (nSPS) is 23.3. The fourth-order valence-electron chi connectivity index (χ4n) is 2.04. The molecule has 0 aromatic heterocycles. The second-order valence-corrected chi connectivity index (χ2v) is 5.71. The molecule has 4 nitrogen and oxygen atoms in total. The van der Waals surface area contributed by atoms with E-state index in [9.17, 15) is 4.79 Å². The van der Waals surface area contributed by atoms with E-state index < -0.39 is 0 Å². The van der Waals surface area contributed by atoms with Gasteiger partial charge in [-0.1, -0.05) is 29.3 Å². The van der Waals surface area contributed by atoms with Gasteiger partial charge in [-0.25, -0.2) is 15.2 Å². The Kier molecular flexibility index (Phi) is 3.92. The molecule has 0 aliphatic carbocycles. The zero-order valence-corrected chi connectivity index (χ0v) is 12.3. The van der Waals surface area contributed by atoms with Crippen molar-refractivity contribution >= 4 is 27.6 Å². The zero-order chi connectivity index (χ0) is 13.2. The number of amides is 2. The molecule has 2 N–H and O–H groups in total. The smallest absolute Gasteiger partial charge is 0.317 e. The van der Waals surface area contributed by atoms with Crippen molar-refractivity contribution in [3.63, 3.8) is 0 Å². The Labute approximate surface area is 116 Å². The van der Waals surface area contributed by atoms with Crippen molar-refractivity contribution in [2.45, 2.75) is 38.8 Å². The standard InChI is InChI=1S/C13H18BrN3O/c1-3-4-9-13(2)15-12(18)17(16-13)11-7-5-10(14)6-8-11/h5-8,16H,3-4,9H2,1-2H3,(H,15,18). The summed E-state index contributed by atoms with van der Waals surface area (Å²) < 4.78 is 1.000. The molecule has 5 heteroatoms. The Balaban J connectivity index is 2.11. The molecule has 0 saturated carbocycles. The van der Waals surface area contributed by atoms with Crippen LogP contribution in [0, 0.1) is 0 Å². The largest absolute Gasteiger partial charge is 0.338 e. The molecule has 18 heavy (non-hydrogen) atoms. The maximum absolute atomic E-state index is 12.0. The molecule has 2 amide bonds. The lowest BCUT2D eigenvalue weighted by molar-refractivity contribution is 0.246. The number of halogens is 1. The molecule has 2 rings (SSSR count). The molecule has 1 aliphatic heterocycles. The summed E-state index contributed by atoms with van der Waals surface area (Å²) in [5, 5.41) is 4.56. The Morgan fingerprint density at radius 1 is 1.33 bits per heavy atom. The molecule has 98 valence electrons. The minimum Gasteiger partial charge on any atom is -0.317 e. The van der Waals surface area contributed by atoms with E-state index >= 15 is 0 Å². The van der Waals surface area contributed by atoms with Crippen LogP contribution in [-0.4, -0.2) is 11.7 Å². The van der Waals surface area contributed by atoms with Gasteiger partial charge in [0, 0.05) is 4.47 Å². The van der Waals surface area contributed by atoms with E-state index in [2.05, 4.69) is 33.6 Å². The van der Waals surface area contributed by atoms with Crippen LogP contribution in [0.3, 0.4) is 0 Å². The highest BCUT2D eigenvalue weighted by molar-refractivity contribution is 9.10. The number of nitrogens with one attached hydrogen (secondary N) is 2. The molecule has 1 saturated heterocycles. The van der Waals surface area contributed by atoms with Gasteiger partial charge in [-0.15, -0.1) is 0 Å². The van der Waals surface area contributed by atoms with Gasteiger partial charge in [-0.2, -0.15) is 0 Å². The lowest BCUT2D eigenvalue weighted by Crippen LogP contribution is -2.48. The predicted molar refractivity (Wildman–Crippen MR) is 76.2 cm³/mol. The molecule has 1 aromatic rings. The minimum atomic E-state index is -0.347. The SMILES string of the molecule is CCCCC1(C)NC(=O)N(c2ccc(Br)cc2)N1. The highest BCUT2D eigenvalue weighted by atomic mass is 79.9. The summed E-state index contributed by atoms with van der Waals surface area (Å²) in [7, 11) is 0. The third-order valence-corrected chi connectivity index (χ3v) is 3.59. The van der Waals surface area contributed by atoms with E-state index in [0.29, 0.717) is 0 Å². The molecule has 1 atom stereocenters. The van der Waals surface area contributed by atoms with Crippen LogP contribution >= 0.6 is 15.9 Å². The van der Waals surface area contributed by atoms with Crippen LogP contribution in [0.2, 0.25) is 0 Å². The number of hydrogen-bond donors (Lipinski definition) is 2. The van der Waals surface area contributed by atoms with Crippen LogP contribution in [-0.2, 0) is 0 Å². The van der Waals surface area contributed by atoms with Gasteiger partial charge < -0.3 is 5.32 Å². The number of anilines is 1. The quantitative estimate of drug-likeness (QED) is 0.895. The van der Waals surface area contributed by atoms with Gasteiger partial charge >= 0.3 is 6.03 Å². The van der Waals surface area contributed by atoms with Gasteiger partial charge in [-0.05, 0) is 44.0 Å². The summed E-state index contributed by atoms with van der Waals surface area (Å²) in [5.41, 5.74) is 3.74. The third-order valence-electron chi connectivity index (χ3n) is 3.06. The number of carbonyl (C=O) groups is 1. The highest BCUT2D eigenvalue weighted by Crippen LogP contribution is 2.23. The summed E-state index contributed by atoms with van der Waals surface area (Å²) in [6.07, 6.45) is 3.12. The van der Waals surface area contributed by atoms with Crippen molar-refractivity contribution in [3.8, 4) is 0 Å². The number of nitrogens with zero attached hydrogens (tertiary/aromatic N) is 1. The first kappa shape index (κ1) is 13.4. The third kappa shape index (κ3) is 2.84. The average Bonchev–Trinajstić information content (AvgIpc) is 2.64. The van der Waals surface area contributed by atoms with Crippen molar-refractivity contribution in [2.24, 2.45) is 0 Å². The van der Waals surface area contributed by atoms with Gasteiger partial charge in [0.25, 0.3) is 0 Å². The van der Waals surface area contributed by atoms with Gasteiger partial charge in [0.1, 0.15) is 5.66 Å². The number of hydrogen-bond acceptors (Lipinski definition) is 2. The average molecular weight is 312 g/mol.